The summed E-state index contributed by atoms with van der Waals surface area (Å²) in [6, 6.07) is 14.7. The van der Waals surface area contributed by atoms with E-state index in [1.807, 2.05) is 41.1 Å². The molecule has 0 radical (unpaired) electrons. The van der Waals surface area contributed by atoms with Gasteiger partial charge < -0.3 is 9.73 Å². The predicted octanol–water partition coefficient (Wildman–Crippen LogP) is 5.25. The molecule has 1 N–H and O–H groups in total. The van der Waals surface area contributed by atoms with Crippen LogP contribution in [0.5, 0.6) is 0 Å². The van der Waals surface area contributed by atoms with Crippen molar-refractivity contribution in [2.75, 3.05) is 5.32 Å². The standard InChI is InChI=1S/C23H22BrN5O2/c24-18-11-5-6-12-19(18)25-21(17-14-31-20-13-7-4-10-16(20)22(17)30)23-26-27-28-29(23)15-8-2-1-3-9-15/h4-7,10-15,21,25H,1-3,8-9H2. The number of halogens is 1. The zero-order valence-corrected chi connectivity index (χ0v) is 18.5. The second-order valence-electron chi connectivity index (χ2n) is 7.85. The number of aromatic nitrogens is 4. The highest BCUT2D eigenvalue weighted by atomic mass is 79.9. The van der Waals surface area contributed by atoms with Crippen LogP contribution in [-0.4, -0.2) is 20.2 Å². The molecule has 4 aromatic rings. The van der Waals surface area contributed by atoms with Crippen LogP contribution in [0.3, 0.4) is 0 Å². The van der Waals surface area contributed by atoms with Crippen LogP contribution in [-0.2, 0) is 0 Å². The second kappa shape index (κ2) is 8.63. The third-order valence-corrected chi connectivity index (χ3v) is 6.58. The number of rotatable bonds is 5. The summed E-state index contributed by atoms with van der Waals surface area (Å²) in [5.41, 5.74) is 1.78. The average molecular weight is 480 g/mol. The first-order chi connectivity index (χ1) is 15.2. The van der Waals surface area contributed by atoms with Crippen molar-refractivity contribution >= 4 is 32.6 Å². The summed E-state index contributed by atoms with van der Waals surface area (Å²) >= 11 is 3.59. The molecule has 1 aliphatic rings. The Balaban J connectivity index is 1.65. The minimum atomic E-state index is -0.559. The topological polar surface area (TPSA) is 85.8 Å². The molecule has 2 heterocycles. The number of hydrogen-bond acceptors (Lipinski definition) is 6. The molecule has 8 heteroatoms. The summed E-state index contributed by atoms with van der Waals surface area (Å²) in [5, 5.41) is 16.7. The van der Waals surface area contributed by atoms with Crippen LogP contribution in [0.15, 0.2) is 68.5 Å². The molecule has 2 aromatic carbocycles. The van der Waals surface area contributed by atoms with Crippen LogP contribution in [0, 0.1) is 0 Å². The summed E-state index contributed by atoms with van der Waals surface area (Å²) in [5.74, 6) is 0.616. The van der Waals surface area contributed by atoms with Crippen LogP contribution >= 0.6 is 15.9 Å². The molecule has 0 bridgehead atoms. The zero-order chi connectivity index (χ0) is 21.2. The van der Waals surface area contributed by atoms with E-state index in [4.69, 9.17) is 4.42 Å². The molecule has 1 fully saturated rings. The molecule has 0 amide bonds. The summed E-state index contributed by atoms with van der Waals surface area (Å²) in [4.78, 5) is 13.4. The Morgan fingerprint density at radius 2 is 1.84 bits per heavy atom. The van der Waals surface area contributed by atoms with Crippen LogP contribution < -0.4 is 10.7 Å². The van der Waals surface area contributed by atoms with Crippen molar-refractivity contribution in [2.45, 2.75) is 44.2 Å². The summed E-state index contributed by atoms with van der Waals surface area (Å²) in [7, 11) is 0. The van der Waals surface area contributed by atoms with Crippen LogP contribution in [0.25, 0.3) is 11.0 Å². The Kier molecular flexibility index (Phi) is 5.55. The molecular formula is C23H22BrN5O2. The lowest BCUT2D eigenvalue weighted by molar-refractivity contribution is 0.315. The Morgan fingerprint density at radius 3 is 2.68 bits per heavy atom. The van der Waals surface area contributed by atoms with Gasteiger partial charge in [0.05, 0.1) is 17.0 Å². The monoisotopic (exact) mass is 479 g/mol. The van der Waals surface area contributed by atoms with Gasteiger partial charge in [-0.1, -0.05) is 43.5 Å². The van der Waals surface area contributed by atoms with Crippen molar-refractivity contribution in [3.63, 3.8) is 0 Å². The van der Waals surface area contributed by atoms with Crippen LogP contribution in [0.2, 0.25) is 0 Å². The van der Waals surface area contributed by atoms with E-state index in [1.54, 1.807) is 12.1 Å². The van der Waals surface area contributed by atoms with Gasteiger partial charge in [0, 0.05) is 10.2 Å². The molecule has 1 saturated carbocycles. The molecule has 1 atom stereocenters. The maximum Gasteiger partial charge on any atom is 0.198 e. The van der Waals surface area contributed by atoms with Crippen molar-refractivity contribution in [1.82, 2.24) is 20.2 Å². The largest absolute Gasteiger partial charge is 0.464 e. The molecule has 158 valence electrons. The van der Waals surface area contributed by atoms with Gasteiger partial charge in [-0.25, -0.2) is 4.68 Å². The molecular weight excluding hydrogens is 458 g/mol. The Bertz CT molecular complexity index is 1260. The fraction of sp³-hybridized carbons (Fsp3) is 0.304. The molecule has 31 heavy (non-hydrogen) atoms. The van der Waals surface area contributed by atoms with Gasteiger partial charge in [-0.15, -0.1) is 5.10 Å². The molecule has 7 nitrogen and oxygen atoms in total. The predicted molar refractivity (Wildman–Crippen MR) is 122 cm³/mol. The number of tetrazole rings is 1. The van der Waals surface area contributed by atoms with Gasteiger partial charge in [0.2, 0.25) is 0 Å². The molecule has 2 aromatic heterocycles. The highest BCUT2D eigenvalue weighted by molar-refractivity contribution is 9.10. The van der Waals surface area contributed by atoms with Gasteiger partial charge in [0.25, 0.3) is 0 Å². The number of nitrogens with zero attached hydrogens (tertiary/aromatic N) is 4. The molecule has 0 spiro atoms. The van der Waals surface area contributed by atoms with Crippen molar-refractivity contribution < 1.29 is 4.42 Å². The normalized spacial score (nSPS) is 15.8. The van der Waals surface area contributed by atoms with Gasteiger partial charge in [0.15, 0.2) is 11.3 Å². The van der Waals surface area contributed by atoms with Crippen molar-refractivity contribution in [1.29, 1.82) is 0 Å². The fourth-order valence-electron chi connectivity index (χ4n) is 4.28. The van der Waals surface area contributed by atoms with Crippen molar-refractivity contribution in [2.24, 2.45) is 0 Å². The van der Waals surface area contributed by atoms with E-state index in [0.29, 0.717) is 22.4 Å². The summed E-state index contributed by atoms with van der Waals surface area (Å²) in [6.45, 7) is 0. The lowest BCUT2D eigenvalue weighted by Crippen LogP contribution is -2.26. The second-order valence-corrected chi connectivity index (χ2v) is 8.70. The van der Waals surface area contributed by atoms with E-state index in [-0.39, 0.29) is 11.5 Å². The van der Waals surface area contributed by atoms with E-state index in [2.05, 4.69) is 36.8 Å². The number of anilines is 1. The van der Waals surface area contributed by atoms with Gasteiger partial charge in [-0.2, -0.15) is 0 Å². The van der Waals surface area contributed by atoms with Gasteiger partial charge in [-0.3, -0.25) is 4.79 Å². The lowest BCUT2D eigenvalue weighted by atomic mass is 9.95. The fourth-order valence-corrected chi connectivity index (χ4v) is 4.68. The van der Waals surface area contributed by atoms with E-state index in [9.17, 15) is 4.79 Å². The number of nitrogens with one attached hydrogen (secondary N) is 1. The zero-order valence-electron chi connectivity index (χ0n) is 16.9. The van der Waals surface area contributed by atoms with Gasteiger partial charge in [0.1, 0.15) is 17.9 Å². The van der Waals surface area contributed by atoms with E-state index in [1.165, 1.54) is 12.7 Å². The van der Waals surface area contributed by atoms with E-state index >= 15 is 0 Å². The van der Waals surface area contributed by atoms with Crippen molar-refractivity contribution in [3.05, 3.63) is 80.9 Å². The summed E-state index contributed by atoms with van der Waals surface area (Å²) in [6.07, 6.45) is 7.15. The molecule has 1 unspecified atom stereocenters. The number of benzene rings is 2. The summed E-state index contributed by atoms with van der Waals surface area (Å²) < 4.78 is 8.61. The average Bonchev–Trinajstić information content (AvgIpc) is 3.30. The number of hydrogen-bond donors (Lipinski definition) is 1. The van der Waals surface area contributed by atoms with Crippen LogP contribution in [0.1, 0.15) is 55.6 Å². The molecule has 0 aliphatic heterocycles. The molecule has 1 aliphatic carbocycles. The molecule has 0 saturated heterocycles. The third-order valence-electron chi connectivity index (χ3n) is 5.89. The lowest BCUT2D eigenvalue weighted by Gasteiger charge is -2.25. The maximum atomic E-state index is 13.4. The minimum Gasteiger partial charge on any atom is -0.464 e. The van der Waals surface area contributed by atoms with Crippen LogP contribution in [0.4, 0.5) is 5.69 Å². The third kappa shape index (κ3) is 3.87. The Morgan fingerprint density at radius 1 is 1.06 bits per heavy atom. The minimum absolute atomic E-state index is 0.0930. The van der Waals surface area contributed by atoms with E-state index in [0.717, 1.165) is 35.8 Å². The smallest absolute Gasteiger partial charge is 0.198 e. The number of para-hydroxylation sites is 2. The number of fused-ring (bicyclic) bond motifs is 1. The van der Waals surface area contributed by atoms with Crippen molar-refractivity contribution in [3.8, 4) is 0 Å². The Hall–Kier alpha value is -3.00. The SMILES string of the molecule is O=c1c(C(Nc2ccccc2Br)c2nnnn2C2CCCCC2)coc2ccccc12. The van der Waals surface area contributed by atoms with Gasteiger partial charge in [-0.05, 0) is 63.5 Å². The highest BCUT2D eigenvalue weighted by Gasteiger charge is 2.29. The first-order valence-corrected chi connectivity index (χ1v) is 11.3. The quantitative estimate of drug-likeness (QED) is 0.420. The maximum absolute atomic E-state index is 13.4. The molecule has 5 rings (SSSR count). The van der Waals surface area contributed by atoms with E-state index < -0.39 is 6.04 Å². The first-order valence-electron chi connectivity index (χ1n) is 10.5. The Labute approximate surface area is 187 Å². The van der Waals surface area contributed by atoms with Gasteiger partial charge >= 0.3 is 0 Å². The highest BCUT2D eigenvalue weighted by Crippen LogP contribution is 2.33. The first kappa shape index (κ1) is 19.9.